The number of hydrazine groups is 1. The third kappa shape index (κ3) is 1.12. The lowest BCUT2D eigenvalue weighted by atomic mass is 10.2. The molecule has 0 radical (unpaired) electrons. The second kappa shape index (κ2) is 2.60. The SMILES string of the molecule is Cc1sccc1C1N=NNN1. The third-order valence-corrected chi connectivity index (χ3v) is 2.48. The molecule has 1 aliphatic rings. The summed E-state index contributed by atoms with van der Waals surface area (Å²) in [6.07, 6.45) is 0.00116. The molecule has 0 amide bonds. The van der Waals surface area contributed by atoms with Crippen LogP contribution in [0.3, 0.4) is 0 Å². The summed E-state index contributed by atoms with van der Waals surface area (Å²) in [6, 6.07) is 2.06. The van der Waals surface area contributed by atoms with Gasteiger partial charge in [0.15, 0.2) is 6.17 Å². The monoisotopic (exact) mass is 168 g/mol. The number of nitrogens with one attached hydrogen (secondary N) is 2. The van der Waals surface area contributed by atoms with Crippen molar-refractivity contribution in [3.8, 4) is 0 Å². The van der Waals surface area contributed by atoms with Crippen LogP contribution in [0.4, 0.5) is 0 Å². The van der Waals surface area contributed by atoms with E-state index in [9.17, 15) is 0 Å². The summed E-state index contributed by atoms with van der Waals surface area (Å²) in [5, 5.41) is 9.63. The summed E-state index contributed by atoms with van der Waals surface area (Å²) in [5.41, 5.74) is 6.72. The van der Waals surface area contributed by atoms with Gasteiger partial charge in [0.25, 0.3) is 0 Å². The first-order valence-corrected chi connectivity index (χ1v) is 4.20. The molecule has 0 spiro atoms. The molecule has 2 rings (SSSR count). The van der Waals surface area contributed by atoms with Gasteiger partial charge in [0.2, 0.25) is 0 Å². The van der Waals surface area contributed by atoms with Gasteiger partial charge in [0.1, 0.15) is 0 Å². The number of hydrogen-bond donors (Lipinski definition) is 2. The van der Waals surface area contributed by atoms with Crippen molar-refractivity contribution < 1.29 is 0 Å². The number of hydrogen-bond acceptors (Lipinski definition) is 5. The predicted molar refractivity (Wildman–Crippen MR) is 42.9 cm³/mol. The van der Waals surface area contributed by atoms with E-state index in [1.54, 1.807) is 11.3 Å². The van der Waals surface area contributed by atoms with E-state index in [2.05, 4.69) is 39.7 Å². The van der Waals surface area contributed by atoms with Gasteiger partial charge in [-0.25, -0.2) is 5.53 Å². The Kier molecular flexibility index (Phi) is 1.59. The van der Waals surface area contributed by atoms with E-state index in [1.807, 2.05) is 0 Å². The van der Waals surface area contributed by atoms with E-state index in [0.29, 0.717) is 0 Å². The van der Waals surface area contributed by atoms with Crippen molar-refractivity contribution in [3.05, 3.63) is 21.9 Å². The Balaban J connectivity index is 2.28. The lowest BCUT2D eigenvalue weighted by molar-refractivity contribution is 0.552. The minimum Gasteiger partial charge on any atom is -0.222 e. The maximum Gasteiger partial charge on any atom is 0.167 e. The molecule has 0 fully saturated rings. The first kappa shape index (κ1) is 6.75. The molecule has 0 saturated heterocycles. The molecule has 1 aromatic rings. The highest BCUT2D eigenvalue weighted by atomic mass is 32.1. The Bertz CT molecular complexity index is 280. The summed E-state index contributed by atoms with van der Waals surface area (Å²) in [4.78, 5) is 1.28. The Morgan fingerprint density at radius 1 is 1.64 bits per heavy atom. The molecule has 2 N–H and O–H groups in total. The molecule has 2 heterocycles. The predicted octanol–water partition coefficient (Wildman–Crippen LogP) is 1.53. The average Bonchev–Trinajstić information content (AvgIpc) is 2.55. The van der Waals surface area contributed by atoms with Crippen molar-refractivity contribution in [2.24, 2.45) is 10.3 Å². The summed E-state index contributed by atoms with van der Waals surface area (Å²) in [7, 11) is 0. The van der Waals surface area contributed by atoms with Crippen LogP contribution in [0.15, 0.2) is 21.8 Å². The van der Waals surface area contributed by atoms with E-state index in [1.165, 1.54) is 10.4 Å². The number of thiophene rings is 1. The maximum atomic E-state index is 3.95. The fourth-order valence-corrected chi connectivity index (χ4v) is 1.76. The van der Waals surface area contributed by atoms with Crippen LogP contribution in [0.25, 0.3) is 0 Å². The van der Waals surface area contributed by atoms with Crippen LogP contribution in [0.5, 0.6) is 0 Å². The first-order chi connectivity index (χ1) is 5.38. The zero-order chi connectivity index (χ0) is 7.68. The van der Waals surface area contributed by atoms with Gasteiger partial charge in [-0.2, -0.15) is 5.43 Å². The summed E-state index contributed by atoms with van der Waals surface area (Å²) in [5.74, 6) is 0. The van der Waals surface area contributed by atoms with Gasteiger partial charge in [-0.05, 0) is 18.4 Å². The van der Waals surface area contributed by atoms with Gasteiger partial charge >= 0.3 is 0 Å². The second-order valence-electron chi connectivity index (χ2n) is 2.31. The fraction of sp³-hybridized carbons (Fsp3) is 0.333. The lowest BCUT2D eigenvalue weighted by Crippen LogP contribution is -2.23. The normalized spacial score (nSPS) is 22.1. The van der Waals surface area contributed by atoms with E-state index in [0.717, 1.165) is 0 Å². The van der Waals surface area contributed by atoms with Crippen molar-refractivity contribution >= 4 is 11.3 Å². The van der Waals surface area contributed by atoms with Crippen LogP contribution in [0.1, 0.15) is 16.6 Å². The van der Waals surface area contributed by atoms with Gasteiger partial charge in [0.05, 0.1) is 0 Å². The zero-order valence-electron chi connectivity index (χ0n) is 6.03. The summed E-state index contributed by atoms with van der Waals surface area (Å²) >= 11 is 1.72. The van der Waals surface area contributed by atoms with Gasteiger partial charge < -0.3 is 0 Å². The molecule has 5 heteroatoms. The van der Waals surface area contributed by atoms with Crippen molar-refractivity contribution in [2.45, 2.75) is 13.1 Å². The largest absolute Gasteiger partial charge is 0.222 e. The number of rotatable bonds is 1. The van der Waals surface area contributed by atoms with E-state index in [-0.39, 0.29) is 6.17 Å². The Labute approximate surface area is 68.3 Å². The van der Waals surface area contributed by atoms with Gasteiger partial charge in [-0.1, -0.05) is 5.22 Å². The minimum absolute atomic E-state index is 0.00116. The molecule has 58 valence electrons. The standard InChI is InChI=1S/C6H8N4S/c1-4-5(2-3-11-4)6-7-9-10-8-6/h2-3,6H,1H3,(H,7,10)(H,8,9). The van der Waals surface area contributed by atoms with Crippen LogP contribution in [0, 0.1) is 6.92 Å². The Morgan fingerprint density at radius 3 is 3.09 bits per heavy atom. The zero-order valence-corrected chi connectivity index (χ0v) is 6.85. The van der Waals surface area contributed by atoms with Gasteiger partial charge in [0, 0.05) is 10.4 Å². The topological polar surface area (TPSA) is 48.8 Å². The fourth-order valence-electron chi connectivity index (χ4n) is 1.02. The molecule has 4 nitrogen and oxygen atoms in total. The molecule has 0 saturated carbocycles. The average molecular weight is 168 g/mol. The molecule has 1 aromatic heterocycles. The molecule has 0 aliphatic carbocycles. The van der Waals surface area contributed by atoms with Crippen molar-refractivity contribution in [1.29, 1.82) is 0 Å². The van der Waals surface area contributed by atoms with Crippen LogP contribution in [0.2, 0.25) is 0 Å². The molecular weight excluding hydrogens is 160 g/mol. The molecular formula is C6H8N4S. The van der Waals surface area contributed by atoms with Crippen LogP contribution < -0.4 is 11.0 Å². The summed E-state index contributed by atoms with van der Waals surface area (Å²) in [6.45, 7) is 2.08. The maximum absolute atomic E-state index is 3.95. The van der Waals surface area contributed by atoms with Gasteiger partial charge in [-0.15, -0.1) is 16.5 Å². The number of nitrogens with zero attached hydrogens (tertiary/aromatic N) is 2. The molecule has 0 aromatic carbocycles. The third-order valence-electron chi connectivity index (χ3n) is 1.62. The van der Waals surface area contributed by atoms with Crippen molar-refractivity contribution in [2.75, 3.05) is 0 Å². The smallest absolute Gasteiger partial charge is 0.167 e. The molecule has 1 atom stereocenters. The second-order valence-corrected chi connectivity index (χ2v) is 3.43. The molecule has 0 bridgehead atoms. The highest BCUT2D eigenvalue weighted by Gasteiger charge is 2.15. The van der Waals surface area contributed by atoms with Crippen molar-refractivity contribution in [3.63, 3.8) is 0 Å². The number of aryl methyl sites for hydroxylation is 1. The Morgan fingerprint density at radius 2 is 2.55 bits per heavy atom. The van der Waals surface area contributed by atoms with Crippen molar-refractivity contribution in [1.82, 2.24) is 11.0 Å². The highest BCUT2D eigenvalue weighted by Crippen LogP contribution is 2.24. The molecule has 1 aliphatic heterocycles. The van der Waals surface area contributed by atoms with E-state index >= 15 is 0 Å². The highest BCUT2D eigenvalue weighted by molar-refractivity contribution is 7.10. The van der Waals surface area contributed by atoms with Crippen LogP contribution in [-0.4, -0.2) is 0 Å². The minimum atomic E-state index is 0.00116. The quantitative estimate of drug-likeness (QED) is 0.668. The van der Waals surface area contributed by atoms with Gasteiger partial charge in [-0.3, -0.25) is 0 Å². The van der Waals surface area contributed by atoms with E-state index < -0.39 is 0 Å². The molecule has 11 heavy (non-hydrogen) atoms. The molecule has 1 unspecified atom stereocenters. The van der Waals surface area contributed by atoms with Crippen LogP contribution >= 0.6 is 11.3 Å². The lowest BCUT2D eigenvalue weighted by Gasteiger charge is -2.03. The Hall–Kier alpha value is -0.940. The first-order valence-electron chi connectivity index (χ1n) is 3.32. The van der Waals surface area contributed by atoms with E-state index in [4.69, 9.17) is 0 Å². The summed E-state index contributed by atoms with van der Waals surface area (Å²) < 4.78 is 0. The van der Waals surface area contributed by atoms with Crippen LogP contribution in [-0.2, 0) is 0 Å².